The van der Waals surface area contributed by atoms with Crippen LogP contribution in [0.2, 0.25) is 0 Å². The lowest BCUT2D eigenvalue weighted by Crippen LogP contribution is -1.87. The summed E-state index contributed by atoms with van der Waals surface area (Å²) in [5, 5.41) is 4.68. The SMILES string of the molecule is c1ccc2c(c1)sc1cnc(-c3cc4cnccc4cn3)cc12. The van der Waals surface area contributed by atoms with Gasteiger partial charge in [-0.3, -0.25) is 15.0 Å². The third-order valence-corrected chi connectivity index (χ3v) is 5.17. The zero-order valence-electron chi connectivity index (χ0n) is 12.1. The van der Waals surface area contributed by atoms with Gasteiger partial charge in [0.15, 0.2) is 0 Å². The molecule has 0 spiro atoms. The number of pyridine rings is 3. The molecule has 0 aliphatic carbocycles. The summed E-state index contributed by atoms with van der Waals surface area (Å²) >= 11 is 1.78. The zero-order valence-corrected chi connectivity index (χ0v) is 12.9. The third kappa shape index (κ3) is 1.99. The van der Waals surface area contributed by atoms with Gasteiger partial charge in [0.25, 0.3) is 0 Å². The van der Waals surface area contributed by atoms with Crippen molar-refractivity contribution in [2.45, 2.75) is 0 Å². The van der Waals surface area contributed by atoms with E-state index in [-0.39, 0.29) is 0 Å². The topological polar surface area (TPSA) is 38.7 Å². The van der Waals surface area contributed by atoms with Crippen LogP contribution >= 0.6 is 11.3 Å². The Hall–Kier alpha value is -2.85. The van der Waals surface area contributed by atoms with Gasteiger partial charge in [-0.05, 0) is 24.3 Å². The van der Waals surface area contributed by atoms with E-state index in [0.29, 0.717) is 0 Å². The van der Waals surface area contributed by atoms with Crippen molar-refractivity contribution in [3.63, 3.8) is 0 Å². The molecule has 23 heavy (non-hydrogen) atoms. The van der Waals surface area contributed by atoms with Crippen molar-refractivity contribution in [1.82, 2.24) is 15.0 Å². The lowest BCUT2D eigenvalue weighted by molar-refractivity contribution is 1.27. The summed E-state index contributed by atoms with van der Waals surface area (Å²) in [6, 6.07) is 14.6. The minimum Gasteiger partial charge on any atom is -0.264 e. The molecule has 4 heterocycles. The highest BCUT2D eigenvalue weighted by molar-refractivity contribution is 7.25. The van der Waals surface area contributed by atoms with Crippen LogP contribution in [0.1, 0.15) is 0 Å². The van der Waals surface area contributed by atoms with Gasteiger partial charge in [0.2, 0.25) is 0 Å². The normalized spacial score (nSPS) is 11.5. The van der Waals surface area contributed by atoms with E-state index in [9.17, 15) is 0 Å². The van der Waals surface area contributed by atoms with Crippen LogP contribution in [0.5, 0.6) is 0 Å². The molecular formula is C19H11N3S. The lowest BCUT2D eigenvalue weighted by Gasteiger charge is -2.02. The molecule has 0 saturated carbocycles. The Balaban J connectivity index is 1.76. The van der Waals surface area contributed by atoms with E-state index in [2.05, 4.69) is 45.3 Å². The Kier molecular flexibility index (Phi) is 2.66. The maximum Gasteiger partial charge on any atom is 0.0893 e. The van der Waals surface area contributed by atoms with Gasteiger partial charge in [0.1, 0.15) is 0 Å². The average molecular weight is 313 g/mol. The molecule has 4 heteroatoms. The van der Waals surface area contributed by atoms with Crippen molar-refractivity contribution < 1.29 is 0 Å². The summed E-state index contributed by atoms with van der Waals surface area (Å²) in [4.78, 5) is 13.4. The van der Waals surface area contributed by atoms with E-state index in [1.54, 1.807) is 17.5 Å². The number of hydrogen-bond donors (Lipinski definition) is 0. The number of rotatable bonds is 1. The molecule has 0 N–H and O–H groups in total. The second kappa shape index (κ2) is 4.83. The lowest BCUT2D eigenvalue weighted by atomic mass is 10.1. The predicted molar refractivity (Wildman–Crippen MR) is 95.7 cm³/mol. The molecule has 0 atom stereocenters. The van der Waals surface area contributed by atoms with Gasteiger partial charge in [-0.15, -0.1) is 11.3 Å². The fourth-order valence-corrected chi connectivity index (χ4v) is 3.95. The molecule has 0 aliphatic rings. The maximum atomic E-state index is 4.61. The molecule has 0 fully saturated rings. The quantitative estimate of drug-likeness (QED) is 0.434. The standard InChI is InChI=1S/C19H11N3S/c1-2-4-18-14(3-1)15-8-17(22-11-19(15)23-18)16-7-13-9-20-6-5-12(13)10-21-16/h1-11H. The summed E-state index contributed by atoms with van der Waals surface area (Å²) in [6.07, 6.45) is 7.47. The van der Waals surface area contributed by atoms with Crippen LogP contribution in [0.25, 0.3) is 42.3 Å². The zero-order chi connectivity index (χ0) is 15.2. The second-order valence-electron chi connectivity index (χ2n) is 5.46. The second-order valence-corrected chi connectivity index (χ2v) is 6.54. The molecular weight excluding hydrogens is 302 g/mol. The van der Waals surface area contributed by atoms with Gasteiger partial charge in [0, 0.05) is 51.0 Å². The molecule has 1 aromatic carbocycles. The van der Waals surface area contributed by atoms with Crippen molar-refractivity contribution in [2.75, 3.05) is 0 Å². The predicted octanol–water partition coefficient (Wildman–Crippen LogP) is 5.06. The van der Waals surface area contributed by atoms with E-state index < -0.39 is 0 Å². The molecule has 0 unspecified atom stereocenters. The van der Waals surface area contributed by atoms with Crippen molar-refractivity contribution in [3.05, 3.63) is 67.3 Å². The molecule has 108 valence electrons. The van der Waals surface area contributed by atoms with E-state index in [4.69, 9.17) is 0 Å². The Morgan fingerprint density at radius 3 is 2.57 bits per heavy atom. The monoisotopic (exact) mass is 313 g/mol. The van der Waals surface area contributed by atoms with Crippen LogP contribution in [0, 0.1) is 0 Å². The summed E-state index contributed by atoms with van der Waals surface area (Å²) < 4.78 is 2.49. The summed E-state index contributed by atoms with van der Waals surface area (Å²) in [5.41, 5.74) is 1.77. The van der Waals surface area contributed by atoms with Gasteiger partial charge in [-0.25, -0.2) is 0 Å². The Morgan fingerprint density at radius 1 is 0.696 bits per heavy atom. The molecule has 5 aromatic rings. The Bertz CT molecular complexity index is 1180. The first kappa shape index (κ1) is 12.7. The number of fused-ring (bicyclic) bond motifs is 4. The number of benzene rings is 1. The van der Waals surface area contributed by atoms with E-state index in [1.807, 2.05) is 30.7 Å². The summed E-state index contributed by atoms with van der Waals surface area (Å²) in [7, 11) is 0. The van der Waals surface area contributed by atoms with Gasteiger partial charge >= 0.3 is 0 Å². The molecule has 0 bridgehead atoms. The molecule has 0 saturated heterocycles. The minimum atomic E-state index is 0.877. The number of nitrogens with zero attached hydrogens (tertiary/aromatic N) is 3. The number of thiophene rings is 1. The van der Waals surface area contributed by atoms with Crippen molar-refractivity contribution in [1.29, 1.82) is 0 Å². The van der Waals surface area contributed by atoms with Gasteiger partial charge in [0.05, 0.1) is 16.1 Å². The summed E-state index contributed by atoms with van der Waals surface area (Å²) in [5.74, 6) is 0. The fourth-order valence-electron chi connectivity index (χ4n) is 2.89. The number of aromatic nitrogens is 3. The van der Waals surface area contributed by atoms with Crippen LogP contribution in [-0.2, 0) is 0 Å². The highest BCUT2D eigenvalue weighted by Crippen LogP contribution is 2.35. The van der Waals surface area contributed by atoms with Crippen molar-refractivity contribution >= 4 is 42.3 Å². The van der Waals surface area contributed by atoms with E-state index >= 15 is 0 Å². The van der Waals surface area contributed by atoms with Crippen LogP contribution < -0.4 is 0 Å². The van der Waals surface area contributed by atoms with E-state index in [1.165, 1.54) is 20.2 Å². The van der Waals surface area contributed by atoms with Crippen molar-refractivity contribution in [3.8, 4) is 11.4 Å². The van der Waals surface area contributed by atoms with Crippen LogP contribution in [-0.4, -0.2) is 15.0 Å². The van der Waals surface area contributed by atoms with Crippen molar-refractivity contribution in [2.24, 2.45) is 0 Å². The molecule has 0 radical (unpaired) electrons. The van der Waals surface area contributed by atoms with Crippen LogP contribution in [0.15, 0.2) is 67.3 Å². The van der Waals surface area contributed by atoms with Crippen LogP contribution in [0.3, 0.4) is 0 Å². The van der Waals surface area contributed by atoms with Gasteiger partial charge in [-0.1, -0.05) is 18.2 Å². The highest BCUT2D eigenvalue weighted by Gasteiger charge is 2.08. The number of hydrogen-bond acceptors (Lipinski definition) is 4. The first-order valence-electron chi connectivity index (χ1n) is 7.36. The first-order valence-corrected chi connectivity index (χ1v) is 8.17. The molecule has 4 aromatic heterocycles. The van der Waals surface area contributed by atoms with Gasteiger partial charge in [-0.2, -0.15) is 0 Å². The molecule has 5 rings (SSSR count). The van der Waals surface area contributed by atoms with E-state index in [0.717, 1.165) is 22.2 Å². The third-order valence-electron chi connectivity index (χ3n) is 4.05. The molecule has 0 aliphatic heterocycles. The smallest absolute Gasteiger partial charge is 0.0893 e. The minimum absolute atomic E-state index is 0.877. The largest absolute Gasteiger partial charge is 0.264 e. The Morgan fingerprint density at radius 2 is 1.57 bits per heavy atom. The first-order chi connectivity index (χ1) is 11.4. The average Bonchev–Trinajstić information content (AvgIpc) is 2.99. The highest BCUT2D eigenvalue weighted by atomic mass is 32.1. The summed E-state index contributed by atoms with van der Waals surface area (Å²) in [6.45, 7) is 0. The fraction of sp³-hybridized carbons (Fsp3) is 0. The molecule has 0 amide bonds. The Labute approximate surface area is 136 Å². The maximum absolute atomic E-state index is 4.61. The van der Waals surface area contributed by atoms with Gasteiger partial charge < -0.3 is 0 Å². The van der Waals surface area contributed by atoms with Crippen LogP contribution in [0.4, 0.5) is 0 Å². The molecule has 3 nitrogen and oxygen atoms in total.